The molecular weight excluding hydrogens is 284 g/mol. The summed E-state index contributed by atoms with van der Waals surface area (Å²) in [6, 6.07) is 10.1. The molecule has 1 aromatic heterocycles. The van der Waals surface area contributed by atoms with Crippen LogP contribution in [0.1, 0.15) is 18.1 Å². The summed E-state index contributed by atoms with van der Waals surface area (Å²) in [6.07, 6.45) is 7.46. The summed E-state index contributed by atoms with van der Waals surface area (Å²) in [4.78, 5) is 6.53. The third-order valence-corrected chi connectivity index (χ3v) is 3.38. The number of pyridine rings is 1. The van der Waals surface area contributed by atoms with Gasteiger partial charge in [-0.3, -0.25) is 0 Å². The summed E-state index contributed by atoms with van der Waals surface area (Å²) >= 11 is 0. The van der Waals surface area contributed by atoms with Gasteiger partial charge in [0.25, 0.3) is 0 Å². The lowest BCUT2D eigenvalue weighted by molar-refractivity contribution is 0.567. The number of aromatic nitrogens is 1. The molecule has 0 saturated carbocycles. The molecule has 0 amide bonds. The highest BCUT2D eigenvalue weighted by Gasteiger charge is 2.13. The second-order valence-corrected chi connectivity index (χ2v) is 5.23. The molecule has 2 aromatic rings. The van der Waals surface area contributed by atoms with Gasteiger partial charge in [0.15, 0.2) is 0 Å². The average molecular weight is 304 g/mol. The van der Waals surface area contributed by atoms with Gasteiger partial charge in [0.05, 0.1) is 5.52 Å². The van der Waals surface area contributed by atoms with Gasteiger partial charge in [0.2, 0.25) is 0 Å². The van der Waals surface area contributed by atoms with E-state index in [-0.39, 0.29) is 0 Å². The van der Waals surface area contributed by atoms with Crippen LogP contribution >= 0.6 is 0 Å². The quantitative estimate of drug-likeness (QED) is 0.843. The molecule has 1 aromatic carbocycles. The van der Waals surface area contributed by atoms with E-state index in [2.05, 4.69) is 22.9 Å². The number of benzene rings is 1. The van der Waals surface area contributed by atoms with Gasteiger partial charge >= 0.3 is 0 Å². The normalized spacial score (nSPS) is 11.5. The molecule has 0 spiro atoms. The smallest absolute Gasteiger partial charge is 0.149 e. The zero-order valence-corrected chi connectivity index (χ0v) is 13.7. The number of anilines is 1. The number of fused-ring (bicyclic) bond motifs is 1. The SMILES string of the molecule is C=C/C(=C\C)Nc1nc2ccccc2c(/C=C/N(C)C)c1C#N. The molecule has 2 rings (SSSR count). The largest absolute Gasteiger partial charge is 0.383 e. The van der Waals surface area contributed by atoms with Crippen LogP contribution in [0.25, 0.3) is 17.0 Å². The minimum absolute atomic E-state index is 0.517. The fourth-order valence-electron chi connectivity index (χ4n) is 2.22. The molecule has 1 N–H and O–H groups in total. The van der Waals surface area contributed by atoms with Crippen molar-refractivity contribution < 1.29 is 0 Å². The van der Waals surface area contributed by atoms with E-state index in [1.807, 2.05) is 68.5 Å². The maximum Gasteiger partial charge on any atom is 0.149 e. The van der Waals surface area contributed by atoms with Crippen LogP contribution in [0.2, 0.25) is 0 Å². The summed E-state index contributed by atoms with van der Waals surface area (Å²) in [5.74, 6) is 0.539. The van der Waals surface area contributed by atoms with Crippen molar-refractivity contribution in [3.63, 3.8) is 0 Å². The minimum Gasteiger partial charge on any atom is -0.383 e. The first kappa shape index (κ1) is 16.3. The van der Waals surface area contributed by atoms with Gasteiger partial charge in [-0.2, -0.15) is 5.26 Å². The van der Waals surface area contributed by atoms with Crippen molar-refractivity contribution in [3.05, 3.63) is 66.0 Å². The first-order chi connectivity index (χ1) is 11.1. The van der Waals surface area contributed by atoms with E-state index in [4.69, 9.17) is 0 Å². The predicted molar refractivity (Wildman–Crippen MR) is 96.8 cm³/mol. The van der Waals surface area contributed by atoms with Gasteiger partial charge < -0.3 is 10.2 Å². The molecule has 0 aliphatic rings. The van der Waals surface area contributed by atoms with E-state index in [1.165, 1.54) is 0 Å². The molecule has 0 aliphatic carbocycles. The van der Waals surface area contributed by atoms with E-state index < -0.39 is 0 Å². The molecule has 0 atom stereocenters. The maximum atomic E-state index is 9.66. The molecule has 0 bridgehead atoms. The first-order valence-corrected chi connectivity index (χ1v) is 7.34. The van der Waals surface area contributed by atoms with Crippen LogP contribution in [0, 0.1) is 11.3 Å². The van der Waals surface area contributed by atoms with Crippen LogP contribution in [0.4, 0.5) is 5.82 Å². The van der Waals surface area contributed by atoms with Gasteiger partial charge in [-0.05, 0) is 31.3 Å². The summed E-state index contributed by atoms with van der Waals surface area (Å²) < 4.78 is 0. The van der Waals surface area contributed by atoms with E-state index in [0.29, 0.717) is 11.4 Å². The number of rotatable bonds is 5. The lowest BCUT2D eigenvalue weighted by Crippen LogP contribution is -2.05. The summed E-state index contributed by atoms with van der Waals surface area (Å²) in [5.41, 5.74) is 3.02. The Morgan fingerprint density at radius 2 is 2.09 bits per heavy atom. The summed E-state index contributed by atoms with van der Waals surface area (Å²) in [5, 5.41) is 13.8. The molecule has 116 valence electrons. The van der Waals surface area contributed by atoms with Crippen LogP contribution < -0.4 is 5.32 Å². The number of para-hydroxylation sites is 1. The van der Waals surface area contributed by atoms with Gasteiger partial charge in [-0.15, -0.1) is 0 Å². The van der Waals surface area contributed by atoms with Crippen molar-refractivity contribution in [1.29, 1.82) is 5.26 Å². The van der Waals surface area contributed by atoms with Crippen molar-refractivity contribution in [1.82, 2.24) is 9.88 Å². The Balaban J connectivity index is 2.73. The number of nitrogens with zero attached hydrogens (tertiary/aromatic N) is 3. The number of allylic oxidation sites excluding steroid dienone is 2. The minimum atomic E-state index is 0.517. The Hall–Kier alpha value is -3.06. The molecule has 4 nitrogen and oxygen atoms in total. The Morgan fingerprint density at radius 3 is 2.70 bits per heavy atom. The van der Waals surface area contributed by atoms with Crippen molar-refractivity contribution in [2.45, 2.75) is 6.92 Å². The highest BCUT2D eigenvalue weighted by molar-refractivity contribution is 5.93. The van der Waals surface area contributed by atoms with Gasteiger partial charge in [0, 0.05) is 30.7 Å². The van der Waals surface area contributed by atoms with E-state index in [0.717, 1.165) is 22.2 Å². The summed E-state index contributed by atoms with van der Waals surface area (Å²) in [6.45, 7) is 5.67. The standard InChI is InChI=1S/C19H20N4/c1-5-14(6-2)21-19-17(13-20)15(11-12-23(3)4)16-9-7-8-10-18(16)22-19/h5-12H,1H2,2-4H3,(H,21,22)/b12-11+,14-6+. The Labute approximate surface area is 137 Å². The number of hydrogen-bond acceptors (Lipinski definition) is 4. The highest BCUT2D eigenvalue weighted by atomic mass is 15.0. The maximum absolute atomic E-state index is 9.66. The van der Waals surface area contributed by atoms with Crippen LogP contribution in [-0.4, -0.2) is 24.0 Å². The second-order valence-electron chi connectivity index (χ2n) is 5.23. The van der Waals surface area contributed by atoms with E-state index in [9.17, 15) is 5.26 Å². The van der Waals surface area contributed by atoms with Crippen molar-refractivity contribution in [2.24, 2.45) is 0 Å². The van der Waals surface area contributed by atoms with Gasteiger partial charge in [-0.25, -0.2) is 4.98 Å². The third-order valence-electron chi connectivity index (χ3n) is 3.38. The number of hydrogen-bond donors (Lipinski definition) is 1. The lowest BCUT2D eigenvalue weighted by Gasteiger charge is -2.13. The average Bonchev–Trinajstić information content (AvgIpc) is 2.56. The second kappa shape index (κ2) is 7.28. The number of nitriles is 1. The Kier molecular flexibility index (Phi) is 5.16. The third kappa shape index (κ3) is 3.58. The molecule has 0 saturated heterocycles. The Morgan fingerprint density at radius 1 is 1.35 bits per heavy atom. The van der Waals surface area contributed by atoms with Crippen LogP contribution in [0.5, 0.6) is 0 Å². The molecule has 0 fully saturated rings. The molecule has 1 heterocycles. The van der Waals surface area contributed by atoms with E-state index in [1.54, 1.807) is 6.08 Å². The van der Waals surface area contributed by atoms with Crippen molar-refractivity contribution in [2.75, 3.05) is 19.4 Å². The van der Waals surface area contributed by atoms with Crippen molar-refractivity contribution >= 4 is 22.8 Å². The van der Waals surface area contributed by atoms with Gasteiger partial charge in [-0.1, -0.05) is 30.9 Å². The van der Waals surface area contributed by atoms with Crippen LogP contribution in [-0.2, 0) is 0 Å². The van der Waals surface area contributed by atoms with Gasteiger partial charge in [0.1, 0.15) is 17.5 Å². The monoisotopic (exact) mass is 304 g/mol. The first-order valence-electron chi connectivity index (χ1n) is 7.34. The lowest BCUT2D eigenvalue weighted by atomic mass is 10.0. The predicted octanol–water partition coefficient (Wildman–Crippen LogP) is 4.14. The van der Waals surface area contributed by atoms with Crippen molar-refractivity contribution in [3.8, 4) is 6.07 Å². The molecular formula is C19H20N4. The van der Waals surface area contributed by atoms with Crippen LogP contribution in [0.3, 0.4) is 0 Å². The zero-order valence-electron chi connectivity index (χ0n) is 13.7. The Bertz CT molecular complexity index is 823. The topological polar surface area (TPSA) is 52.0 Å². The fourth-order valence-corrected chi connectivity index (χ4v) is 2.22. The molecule has 4 heteroatoms. The molecule has 23 heavy (non-hydrogen) atoms. The van der Waals surface area contributed by atoms with E-state index >= 15 is 0 Å². The fraction of sp³-hybridized carbons (Fsp3) is 0.158. The molecule has 0 radical (unpaired) electrons. The number of nitrogens with one attached hydrogen (secondary N) is 1. The zero-order chi connectivity index (χ0) is 16.8. The molecule has 0 unspecified atom stereocenters. The summed E-state index contributed by atoms with van der Waals surface area (Å²) in [7, 11) is 3.89. The molecule has 0 aliphatic heterocycles. The highest BCUT2D eigenvalue weighted by Crippen LogP contribution is 2.28. The van der Waals surface area contributed by atoms with Crippen LogP contribution in [0.15, 0.2) is 54.9 Å².